The van der Waals surface area contributed by atoms with Gasteiger partial charge in [-0.15, -0.1) is 0 Å². The third kappa shape index (κ3) is 4.83. The molecule has 0 N–H and O–H groups in total. The van der Waals surface area contributed by atoms with Gasteiger partial charge in [0.15, 0.2) is 0 Å². The van der Waals surface area contributed by atoms with Crippen LogP contribution in [0.15, 0.2) is 77.4 Å². The Balaban J connectivity index is 1.45. The standard InChI is InChI=1S/C23H21BrN2O3/c1-16-14-26(15-21(28-16)17-5-3-2-4-6-17)23(27)18-7-12-22(25-13-18)29-20-10-8-19(24)9-11-20/h2-13,16,21H,14-15H2,1H3. The highest BCUT2D eigenvalue weighted by atomic mass is 79.9. The van der Waals surface area contributed by atoms with Crippen LogP contribution in [-0.4, -0.2) is 35.0 Å². The number of carbonyl (C=O) groups excluding carboxylic acids is 1. The minimum atomic E-state index is -0.128. The Kier molecular flexibility index (Phi) is 5.92. The van der Waals surface area contributed by atoms with Crippen molar-refractivity contribution in [2.45, 2.75) is 19.1 Å². The minimum absolute atomic E-state index is 0.0362. The van der Waals surface area contributed by atoms with Crippen LogP contribution in [0, 0.1) is 0 Å². The number of morpholine rings is 1. The second kappa shape index (κ2) is 8.76. The zero-order valence-corrected chi connectivity index (χ0v) is 17.6. The summed E-state index contributed by atoms with van der Waals surface area (Å²) in [7, 11) is 0. The second-order valence-electron chi connectivity index (χ2n) is 7.00. The first-order valence-corrected chi connectivity index (χ1v) is 10.3. The second-order valence-corrected chi connectivity index (χ2v) is 7.91. The number of amides is 1. The van der Waals surface area contributed by atoms with Gasteiger partial charge in [-0.1, -0.05) is 46.3 Å². The molecule has 2 atom stereocenters. The zero-order valence-electron chi connectivity index (χ0n) is 16.0. The smallest absolute Gasteiger partial charge is 0.255 e. The molecule has 2 heterocycles. The molecule has 6 heteroatoms. The van der Waals surface area contributed by atoms with Crippen molar-refractivity contribution in [1.29, 1.82) is 0 Å². The molecule has 0 bridgehead atoms. The van der Waals surface area contributed by atoms with Crippen LogP contribution in [0.25, 0.3) is 0 Å². The summed E-state index contributed by atoms with van der Waals surface area (Å²) in [5, 5.41) is 0. The van der Waals surface area contributed by atoms with Gasteiger partial charge in [-0.25, -0.2) is 4.98 Å². The van der Waals surface area contributed by atoms with Crippen molar-refractivity contribution in [3.63, 3.8) is 0 Å². The number of rotatable bonds is 4. The molecule has 1 fully saturated rings. The first kappa shape index (κ1) is 19.6. The summed E-state index contributed by atoms with van der Waals surface area (Å²) in [6.07, 6.45) is 1.40. The van der Waals surface area contributed by atoms with Gasteiger partial charge in [0.2, 0.25) is 5.88 Å². The van der Waals surface area contributed by atoms with E-state index >= 15 is 0 Å². The minimum Gasteiger partial charge on any atom is -0.439 e. The predicted molar refractivity (Wildman–Crippen MR) is 114 cm³/mol. The number of carbonyl (C=O) groups is 1. The van der Waals surface area contributed by atoms with Crippen molar-refractivity contribution in [3.8, 4) is 11.6 Å². The van der Waals surface area contributed by atoms with E-state index < -0.39 is 0 Å². The quantitative estimate of drug-likeness (QED) is 0.543. The molecule has 5 nitrogen and oxygen atoms in total. The van der Waals surface area contributed by atoms with E-state index in [1.807, 2.05) is 66.4 Å². The fraction of sp³-hybridized carbons (Fsp3) is 0.217. The number of nitrogens with zero attached hydrogens (tertiary/aromatic N) is 2. The molecule has 0 saturated carbocycles. The maximum absolute atomic E-state index is 13.0. The van der Waals surface area contributed by atoms with E-state index in [1.54, 1.807) is 18.3 Å². The molecular weight excluding hydrogens is 432 g/mol. The van der Waals surface area contributed by atoms with E-state index in [9.17, 15) is 4.79 Å². The van der Waals surface area contributed by atoms with Crippen LogP contribution in [0.2, 0.25) is 0 Å². The lowest BCUT2D eigenvalue weighted by atomic mass is 10.1. The van der Waals surface area contributed by atoms with Gasteiger partial charge in [0.25, 0.3) is 5.91 Å². The van der Waals surface area contributed by atoms with E-state index in [4.69, 9.17) is 9.47 Å². The van der Waals surface area contributed by atoms with Gasteiger partial charge in [-0.3, -0.25) is 4.79 Å². The van der Waals surface area contributed by atoms with Crippen molar-refractivity contribution < 1.29 is 14.3 Å². The molecule has 1 amide bonds. The van der Waals surface area contributed by atoms with Crippen LogP contribution in [0.3, 0.4) is 0 Å². The van der Waals surface area contributed by atoms with E-state index in [2.05, 4.69) is 20.9 Å². The van der Waals surface area contributed by atoms with E-state index in [1.165, 1.54) is 0 Å². The molecule has 3 aromatic rings. The molecule has 1 aromatic heterocycles. The Morgan fingerprint density at radius 1 is 1.07 bits per heavy atom. The lowest BCUT2D eigenvalue weighted by Gasteiger charge is -2.37. The first-order chi connectivity index (χ1) is 14.1. The molecule has 29 heavy (non-hydrogen) atoms. The number of halogens is 1. The summed E-state index contributed by atoms with van der Waals surface area (Å²) >= 11 is 3.40. The average Bonchev–Trinajstić information content (AvgIpc) is 2.75. The number of ether oxygens (including phenoxy) is 2. The molecule has 1 saturated heterocycles. The van der Waals surface area contributed by atoms with Crippen molar-refractivity contribution in [2.75, 3.05) is 13.1 Å². The summed E-state index contributed by atoms with van der Waals surface area (Å²) in [4.78, 5) is 19.1. The number of benzene rings is 2. The van der Waals surface area contributed by atoms with Gasteiger partial charge >= 0.3 is 0 Å². The summed E-state index contributed by atoms with van der Waals surface area (Å²) in [5.41, 5.74) is 1.61. The molecule has 2 aromatic carbocycles. The average molecular weight is 453 g/mol. The summed E-state index contributed by atoms with van der Waals surface area (Å²) < 4.78 is 12.8. The number of pyridine rings is 1. The van der Waals surface area contributed by atoms with Gasteiger partial charge in [0.05, 0.1) is 18.2 Å². The van der Waals surface area contributed by atoms with E-state index in [0.717, 1.165) is 10.0 Å². The highest BCUT2D eigenvalue weighted by molar-refractivity contribution is 9.10. The molecule has 2 unspecified atom stereocenters. The number of hydrogen-bond acceptors (Lipinski definition) is 4. The number of hydrogen-bond donors (Lipinski definition) is 0. The van der Waals surface area contributed by atoms with Gasteiger partial charge in [0, 0.05) is 23.3 Å². The first-order valence-electron chi connectivity index (χ1n) is 9.47. The van der Waals surface area contributed by atoms with Crippen molar-refractivity contribution in [1.82, 2.24) is 9.88 Å². The van der Waals surface area contributed by atoms with Gasteiger partial charge in [0.1, 0.15) is 11.9 Å². The Hall–Kier alpha value is -2.70. The van der Waals surface area contributed by atoms with Crippen LogP contribution < -0.4 is 4.74 Å². The monoisotopic (exact) mass is 452 g/mol. The van der Waals surface area contributed by atoms with Crippen molar-refractivity contribution >= 4 is 21.8 Å². The van der Waals surface area contributed by atoms with Crippen molar-refractivity contribution in [3.05, 3.63) is 88.5 Å². The third-order valence-corrected chi connectivity index (χ3v) is 5.27. The van der Waals surface area contributed by atoms with Crippen molar-refractivity contribution in [2.24, 2.45) is 0 Å². The van der Waals surface area contributed by atoms with Crippen LogP contribution >= 0.6 is 15.9 Å². The normalized spacial score (nSPS) is 19.0. The Morgan fingerprint density at radius 3 is 2.52 bits per heavy atom. The predicted octanol–water partition coefficient (Wildman–Crippen LogP) is 5.24. The fourth-order valence-electron chi connectivity index (χ4n) is 3.34. The molecular formula is C23H21BrN2O3. The van der Waals surface area contributed by atoms with Gasteiger partial charge in [-0.05, 0) is 42.8 Å². The maximum Gasteiger partial charge on any atom is 0.255 e. The van der Waals surface area contributed by atoms with E-state index in [0.29, 0.717) is 30.3 Å². The fourth-order valence-corrected chi connectivity index (χ4v) is 3.61. The molecule has 1 aliphatic heterocycles. The third-order valence-electron chi connectivity index (χ3n) is 4.74. The summed E-state index contributed by atoms with van der Waals surface area (Å²) in [6.45, 7) is 3.06. The lowest BCUT2D eigenvalue weighted by molar-refractivity contribution is -0.0691. The van der Waals surface area contributed by atoms with Gasteiger partial charge < -0.3 is 14.4 Å². The molecule has 1 aliphatic rings. The van der Waals surface area contributed by atoms with Gasteiger partial charge in [-0.2, -0.15) is 0 Å². The lowest BCUT2D eigenvalue weighted by Crippen LogP contribution is -2.46. The van der Waals surface area contributed by atoms with Crippen LogP contribution in [0.4, 0.5) is 0 Å². The summed E-state index contributed by atoms with van der Waals surface area (Å²) in [6, 6.07) is 21.0. The number of aromatic nitrogens is 1. The highest BCUT2D eigenvalue weighted by Crippen LogP contribution is 2.27. The molecule has 0 radical (unpaired) electrons. The van der Waals surface area contributed by atoms with E-state index in [-0.39, 0.29) is 18.1 Å². The van der Waals surface area contributed by atoms with Crippen LogP contribution in [0.5, 0.6) is 11.6 Å². The highest BCUT2D eigenvalue weighted by Gasteiger charge is 2.30. The maximum atomic E-state index is 13.0. The topological polar surface area (TPSA) is 51.7 Å². The summed E-state index contributed by atoms with van der Waals surface area (Å²) in [5.74, 6) is 1.08. The van der Waals surface area contributed by atoms with Crippen LogP contribution in [-0.2, 0) is 4.74 Å². The zero-order chi connectivity index (χ0) is 20.2. The Morgan fingerprint density at radius 2 is 1.83 bits per heavy atom. The SMILES string of the molecule is CC1CN(C(=O)c2ccc(Oc3ccc(Br)cc3)nc2)CC(c2ccccc2)O1. The molecule has 4 rings (SSSR count). The molecule has 148 valence electrons. The largest absolute Gasteiger partial charge is 0.439 e. The molecule has 0 aliphatic carbocycles. The van der Waals surface area contributed by atoms with Crippen LogP contribution in [0.1, 0.15) is 28.9 Å². The Bertz CT molecular complexity index is 962. The Labute approximate surface area is 178 Å². The molecule has 0 spiro atoms.